The number of carbonyl (C=O) groups excluding carboxylic acids is 1. The Morgan fingerprint density at radius 3 is 2.67 bits per heavy atom. The van der Waals surface area contributed by atoms with Crippen molar-refractivity contribution in [1.82, 2.24) is 4.98 Å². The summed E-state index contributed by atoms with van der Waals surface area (Å²) in [7, 11) is 1.66. The molecule has 0 saturated carbocycles. The van der Waals surface area contributed by atoms with Gasteiger partial charge in [-0.3, -0.25) is 9.78 Å². The molecule has 0 fully saturated rings. The number of hydrogen-bond donors (Lipinski definition) is 1. The Morgan fingerprint density at radius 1 is 1.00 bits per heavy atom. The van der Waals surface area contributed by atoms with E-state index in [9.17, 15) is 4.79 Å². The van der Waals surface area contributed by atoms with Crippen molar-refractivity contribution in [2.24, 2.45) is 0 Å². The van der Waals surface area contributed by atoms with Crippen LogP contribution in [0.3, 0.4) is 0 Å². The number of nitrogens with one attached hydrogen (secondary N) is 1. The second kappa shape index (κ2) is 7.08. The van der Waals surface area contributed by atoms with Crippen molar-refractivity contribution in [1.29, 1.82) is 0 Å². The Hall–Kier alpha value is -3.40. The van der Waals surface area contributed by atoms with Crippen molar-refractivity contribution in [2.45, 2.75) is 12.8 Å². The van der Waals surface area contributed by atoms with Gasteiger partial charge in [0.05, 0.1) is 24.2 Å². The van der Waals surface area contributed by atoms with Gasteiger partial charge in [0.15, 0.2) is 0 Å². The minimum atomic E-state index is -0.275. The highest BCUT2D eigenvalue weighted by Crippen LogP contribution is 2.27. The molecule has 1 unspecified atom stereocenters. The Labute approximate surface area is 157 Å². The van der Waals surface area contributed by atoms with Gasteiger partial charge in [-0.1, -0.05) is 30.3 Å². The highest BCUT2D eigenvalue weighted by molar-refractivity contribution is 6.03. The quantitative estimate of drug-likeness (QED) is 0.551. The fourth-order valence-corrected chi connectivity index (χ4v) is 3.24. The molecule has 4 nitrogen and oxygen atoms in total. The van der Waals surface area contributed by atoms with Gasteiger partial charge in [-0.15, -0.1) is 0 Å². The second-order valence-electron chi connectivity index (χ2n) is 6.56. The summed E-state index contributed by atoms with van der Waals surface area (Å²) in [6, 6.07) is 21.6. The molecule has 3 aromatic carbocycles. The molecule has 0 bridgehead atoms. The molecule has 1 atom stereocenters. The van der Waals surface area contributed by atoms with E-state index in [1.54, 1.807) is 13.3 Å². The highest BCUT2D eigenvalue weighted by atomic mass is 16.5. The standard InChI is InChI=1S/C23H20N2O2/c1-15(16-8-9-18-14-19(27-2)11-10-17(18)13-16)23(26)25-22-7-3-6-21-20(22)5-4-12-24-21/h3-15H,1-2H3,(H,25,26). The average molecular weight is 356 g/mol. The summed E-state index contributed by atoms with van der Waals surface area (Å²) in [6.07, 6.45) is 1.75. The number of fused-ring (bicyclic) bond motifs is 2. The number of methoxy groups -OCH3 is 1. The first-order chi connectivity index (χ1) is 13.2. The summed E-state index contributed by atoms with van der Waals surface area (Å²) >= 11 is 0. The normalized spacial score (nSPS) is 12.1. The van der Waals surface area contributed by atoms with Gasteiger partial charge in [0.1, 0.15) is 5.75 Å². The van der Waals surface area contributed by atoms with Crippen LogP contribution in [-0.4, -0.2) is 18.0 Å². The molecule has 0 aliphatic rings. The number of aromatic nitrogens is 1. The summed E-state index contributed by atoms with van der Waals surface area (Å²) < 4.78 is 5.27. The van der Waals surface area contributed by atoms with Crippen LogP contribution in [0.5, 0.6) is 5.75 Å². The van der Waals surface area contributed by atoms with Gasteiger partial charge < -0.3 is 10.1 Å². The number of anilines is 1. The topological polar surface area (TPSA) is 51.2 Å². The Bertz CT molecular complexity index is 1130. The highest BCUT2D eigenvalue weighted by Gasteiger charge is 2.17. The minimum Gasteiger partial charge on any atom is -0.497 e. The van der Waals surface area contributed by atoms with E-state index in [0.29, 0.717) is 0 Å². The van der Waals surface area contributed by atoms with Crippen molar-refractivity contribution in [3.8, 4) is 5.75 Å². The maximum Gasteiger partial charge on any atom is 0.231 e. The molecule has 0 radical (unpaired) electrons. The molecule has 0 aliphatic heterocycles. The zero-order valence-corrected chi connectivity index (χ0v) is 15.3. The van der Waals surface area contributed by atoms with E-state index in [-0.39, 0.29) is 11.8 Å². The average Bonchev–Trinajstić information content (AvgIpc) is 2.72. The van der Waals surface area contributed by atoms with E-state index in [1.807, 2.05) is 67.6 Å². The van der Waals surface area contributed by atoms with Crippen LogP contribution in [0.25, 0.3) is 21.7 Å². The number of pyridine rings is 1. The fourth-order valence-electron chi connectivity index (χ4n) is 3.24. The number of amides is 1. The van der Waals surface area contributed by atoms with Gasteiger partial charge in [-0.05, 0) is 59.7 Å². The molecule has 1 amide bonds. The first-order valence-corrected chi connectivity index (χ1v) is 8.88. The number of nitrogens with zero attached hydrogens (tertiary/aromatic N) is 1. The predicted octanol–water partition coefficient (Wildman–Crippen LogP) is 5.14. The molecule has 0 spiro atoms. The number of ether oxygens (including phenoxy) is 1. The molecule has 134 valence electrons. The molecule has 4 rings (SSSR count). The maximum atomic E-state index is 12.8. The van der Waals surface area contributed by atoms with Crippen LogP contribution in [0.4, 0.5) is 5.69 Å². The third kappa shape index (κ3) is 3.34. The van der Waals surface area contributed by atoms with Gasteiger partial charge in [0.25, 0.3) is 0 Å². The smallest absolute Gasteiger partial charge is 0.231 e. The molecule has 27 heavy (non-hydrogen) atoms. The Morgan fingerprint density at radius 2 is 1.81 bits per heavy atom. The number of rotatable bonds is 4. The van der Waals surface area contributed by atoms with E-state index in [1.165, 1.54) is 0 Å². The van der Waals surface area contributed by atoms with Crippen LogP contribution in [-0.2, 0) is 4.79 Å². The largest absolute Gasteiger partial charge is 0.497 e. The zero-order chi connectivity index (χ0) is 18.8. The first-order valence-electron chi connectivity index (χ1n) is 8.88. The molecule has 4 heteroatoms. The SMILES string of the molecule is COc1ccc2cc(C(C)C(=O)Nc3cccc4ncccc34)ccc2c1. The van der Waals surface area contributed by atoms with Crippen LogP contribution >= 0.6 is 0 Å². The Balaban J connectivity index is 1.61. The van der Waals surface area contributed by atoms with E-state index in [4.69, 9.17) is 4.74 Å². The summed E-state index contributed by atoms with van der Waals surface area (Å²) in [4.78, 5) is 17.2. The second-order valence-corrected chi connectivity index (χ2v) is 6.56. The third-order valence-corrected chi connectivity index (χ3v) is 4.87. The molecule has 0 saturated heterocycles. The number of benzene rings is 3. The van der Waals surface area contributed by atoms with Crippen molar-refractivity contribution < 1.29 is 9.53 Å². The lowest BCUT2D eigenvalue weighted by Crippen LogP contribution is -2.19. The molecule has 1 heterocycles. The molecule has 0 aliphatic carbocycles. The van der Waals surface area contributed by atoms with Gasteiger partial charge >= 0.3 is 0 Å². The van der Waals surface area contributed by atoms with Gasteiger partial charge in [0.2, 0.25) is 5.91 Å². The van der Waals surface area contributed by atoms with E-state index in [2.05, 4.69) is 16.4 Å². The van der Waals surface area contributed by atoms with E-state index in [0.717, 1.165) is 38.7 Å². The summed E-state index contributed by atoms with van der Waals surface area (Å²) in [5.74, 6) is 0.508. The van der Waals surface area contributed by atoms with Gasteiger partial charge in [0, 0.05) is 11.6 Å². The number of carbonyl (C=O) groups is 1. The molecular formula is C23H20N2O2. The van der Waals surface area contributed by atoms with Crippen molar-refractivity contribution in [3.05, 3.63) is 78.5 Å². The molecular weight excluding hydrogens is 336 g/mol. The van der Waals surface area contributed by atoms with Crippen LogP contribution in [0.2, 0.25) is 0 Å². The summed E-state index contributed by atoms with van der Waals surface area (Å²) in [6.45, 7) is 1.92. The number of hydrogen-bond acceptors (Lipinski definition) is 3. The van der Waals surface area contributed by atoms with E-state index >= 15 is 0 Å². The minimum absolute atomic E-state index is 0.0424. The lowest BCUT2D eigenvalue weighted by Gasteiger charge is -2.15. The van der Waals surface area contributed by atoms with Crippen molar-refractivity contribution in [3.63, 3.8) is 0 Å². The third-order valence-electron chi connectivity index (χ3n) is 4.87. The Kier molecular flexibility index (Phi) is 4.47. The molecule has 1 aromatic heterocycles. The lowest BCUT2D eigenvalue weighted by molar-refractivity contribution is -0.117. The van der Waals surface area contributed by atoms with Gasteiger partial charge in [-0.2, -0.15) is 0 Å². The van der Waals surface area contributed by atoms with Crippen LogP contribution < -0.4 is 10.1 Å². The monoisotopic (exact) mass is 356 g/mol. The molecule has 1 N–H and O–H groups in total. The van der Waals surface area contributed by atoms with Crippen LogP contribution in [0.1, 0.15) is 18.4 Å². The zero-order valence-electron chi connectivity index (χ0n) is 15.3. The predicted molar refractivity (Wildman–Crippen MR) is 109 cm³/mol. The van der Waals surface area contributed by atoms with Crippen molar-refractivity contribution >= 4 is 33.3 Å². The summed E-state index contributed by atoms with van der Waals surface area (Å²) in [5.41, 5.74) is 2.62. The first kappa shape index (κ1) is 17.0. The van der Waals surface area contributed by atoms with Crippen LogP contribution in [0.15, 0.2) is 72.9 Å². The summed E-state index contributed by atoms with van der Waals surface area (Å²) in [5, 5.41) is 6.16. The molecule has 4 aromatic rings. The fraction of sp³-hybridized carbons (Fsp3) is 0.130. The maximum absolute atomic E-state index is 12.8. The van der Waals surface area contributed by atoms with Crippen LogP contribution in [0, 0.1) is 0 Å². The lowest BCUT2D eigenvalue weighted by atomic mass is 9.97. The van der Waals surface area contributed by atoms with Crippen molar-refractivity contribution in [2.75, 3.05) is 12.4 Å². The van der Waals surface area contributed by atoms with E-state index < -0.39 is 0 Å². The van der Waals surface area contributed by atoms with Gasteiger partial charge in [-0.25, -0.2) is 0 Å².